The van der Waals surface area contributed by atoms with E-state index in [1.54, 1.807) is 35.7 Å². The van der Waals surface area contributed by atoms with Crippen molar-refractivity contribution in [3.05, 3.63) is 63.1 Å². The molecule has 0 aliphatic rings. The molecule has 32 heavy (non-hydrogen) atoms. The van der Waals surface area contributed by atoms with Crippen LogP contribution in [-0.2, 0) is 16.1 Å². The van der Waals surface area contributed by atoms with Crippen molar-refractivity contribution in [2.45, 2.75) is 57.0 Å². The van der Waals surface area contributed by atoms with Gasteiger partial charge < -0.3 is 10.2 Å². The predicted molar refractivity (Wildman–Crippen MR) is 136 cm³/mol. The summed E-state index contributed by atoms with van der Waals surface area (Å²) in [6.45, 7) is 4.73. The lowest BCUT2D eigenvalue weighted by molar-refractivity contribution is -0.140. The maximum absolute atomic E-state index is 13.1. The van der Waals surface area contributed by atoms with Crippen LogP contribution in [0, 0.1) is 0 Å². The number of amides is 2. The van der Waals surface area contributed by atoms with Crippen LogP contribution < -0.4 is 5.32 Å². The van der Waals surface area contributed by atoms with Gasteiger partial charge in [0.25, 0.3) is 0 Å². The second-order valence-corrected chi connectivity index (χ2v) is 9.92. The topological polar surface area (TPSA) is 49.4 Å². The van der Waals surface area contributed by atoms with E-state index in [4.69, 9.17) is 34.8 Å². The van der Waals surface area contributed by atoms with E-state index < -0.39 is 6.04 Å². The zero-order valence-corrected chi connectivity index (χ0v) is 21.5. The van der Waals surface area contributed by atoms with Crippen molar-refractivity contribution in [3.63, 3.8) is 0 Å². The molecule has 0 aliphatic carbocycles. The van der Waals surface area contributed by atoms with E-state index in [2.05, 4.69) is 12.2 Å². The molecular formula is C24H29Cl3N2O2S. The van der Waals surface area contributed by atoms with Crippen molar-refractivity contribution < 1.29 is 9.59 Å². The Morgan fingerprint density at radius 1 is 1.03 bits per heavy atom. The highest BCUT2D eigenvalue weighted by Gasteiger charge is 2.25. The van der Waals surface area contributed by atoms with Crippen molar-refractivity contribution in [2.24, 2.45) is 0 Å². The van der Waals surface area contributed by atoms with Crippen molar-refractivity contribution in [3.8, 4) is 0 Å². The Labute approximate surface area is 210 Å². The molecule has 2 amide bonds. The molecule has 0 heterocycles. The number of carbonyl (C=O) groups excluding carboxylic acids is 2. The van der Waals surface area contributed by atoms with Crippen molar-refractivity contribution in [2.75, 3.05) is 12.3 Å². The lowest BCUT2D eigenvalue weighted by Crippen LogP contribution is -2.47. The molecule has 0 spiro atoms. The van der Waals surface area contributed by atoms with Gasteiger partial charge in [-0.15, -0.1) is 11.8 Å². The van der Waals surface area contributed by atoms with Gasteiger partial charge >= 0.3 is 0 Å². The second-order valence-electron chi connectivity index (χ2n) is 7.50. The molecule has 0 aliphatic heterocycles. The molecule has 1 N–H and O–H groups in total. The van der Waals surface area contributed by atoms with Gasteiger partial charge in [0.1, 0.15) is 6.04 Å². The Bertz CT molecular complexity index is 893. The molecule has 174 valence electrons. The fourth-order valence-corrected chi connectivity index (χ4v) is 4.34. The minimum atomic E-state index is -0.585. The Morgan fingerprint density at radius 3 is 2.41 bits per heavy atom. The van der Waals surface area contributed by atoms with E-state index in [1.807, 2.05) is 30.3 Å². The third kappa shape index (κ3) is 8.86. The number of nitrogens with one attached hydrogen (secondary N) is 1. The van der Waals surface area contributed by atoms with Gasteiger partial charge in [0.15, 0.2) is 0 Å². The quantitative estimate of drug-likeness (QED) is 0.248. The summed E-state index contributed by atoms with van der Waals surface area (Å²) in [5, 5.41) is 4.51. The summed E-state index contributed by atoms with van der Waals surface area (Å²) in [6.07, 6.45) is 2.95. The first kappa shape index (κ1) is 26.8. The summed E-state index contributed by atoms with van der Waals surface area (Å²) >= 11 is 19.8. The van der Waals surface area contributed by atoms with Gasteiger partial charge in [-0.25, -0.2) is 0 Å². The molecule has 0 saturated carbocycles. The van der Waals surface area contributed by atoms with Crippen LogP contribution in [0.1, 0.15) is 45.1 Å². The molecule has 1 unspecified atom stereocenters. The number of carbonyl (C=O) groups is 2. The van der Waals surface area contributed by atoms with Crippen LogP contribution in [-0.4, -0.2) is 35.1 Å². The number of nitrogens with zero attached hydrogens (tertiary/aromatic N) is 1. The Balaban J connectivity index is 2.00. The molecular weight excluding hydrogens is 487 g/mol. The number of unbranched alkanes of at least 4 members (excludes halogenated alkanes) is 1. The average Bonchev–Trinajstić information content (AvgIpc) is 2.78. The van der Waals surface area contributed by atoms with Gasteiger partial charge in [0.05, 0.1) is 10.0 Å². The summed E-state index contributed by atoms with van der Waals surface area (Å²) in [5.74, 6) is 0.582. The summed E-state index contributed by atoms with van der Waals surface area (Å²) < 4.78 is 0. The van der Waals surface area contributed by atoms with Crippen molar-refractivity contribution in [1.29, 1.82) is 0 Å². The van der Waals surface area contributed by atoms with Crippen LogP contribution in [0.5, 0.6) is 0 Å². The number of benzene rings is 2. The van der Waals surface area contributed by atoms with Crippen LogP contribution in [0.15, 0.2) is 47.4 Å². The van der Waals surface area contributed by atoms with Crippen LogP contribution >= 0.6 is 46.6 Å². The van der Waals surface area contributed by atoms with Gasteiger partial charge in [-0.3, -0.25) is 9.59 Å². The monoisotopic (exact) mass is 514 g/mol. The molecule has 8 heteroatoms. The standard InChI is InChI=1S/C24H29Cl3N2O2S/c1-3-4-13-28-24(31)17(2)29(16-18-7-12-21(26)22(27)15-18)23(30)6-5-14-32-20-10-8-19(25)9-11-20/h7-12,15,17H,3-6,13-14,16H2,1-2H3,(H,28,31). The summed E-state index contributed by atoms with van der Waals surface area (Å²) in [4.78, 5) is 28.5. The first-order valence-corrected chi connectivity index (χ1v) is 12.8. The Hall–Kier alpha value is -1.40. The second kappa shape index (κ2) is 14.0. The molecule has 0 aromatic heterocycles. The lowest BCUT2D eigenvalue weighted by Gasteiger charge is -2.29. The van der Waals surface area contributed by atoms with Gasteiger partial charge in [-0.05, 0) is 67.5 Å². The molecule has 0 saturated heterocycles. The molecule has 2 rings (SSSR count). The Kier molecular flexibility index (Phi) is 11.7. The number of hydrogen-bond acceptors (Lipinski definition) is 3. The highest BCUT2D eigenvalue weighted by Crippen LogP contribution is 2.25. The maximum Gasteiger partial charge on any atom is 0.242 e. The maximum atomic E-state index is 13.1. The zero-order valence-electron chi connectivity index (χ0n) is 18.4. The van der Waals surface area contributed by atoms with Crippen LogP contribution in [0.2, 0.25) is 15.1 Å². The van der Waals surface area contributed by atoms with Gasteiger partial charge in [0.2, 0.25) is 11.8 Å². The van der Waals surface area contributed by atoms with E-state index in [1.165, 1.54) is 0 Å². The van der Waals surface area contributed by atoms with E-state index in [9.17, 15) is 9.59 Å². The van der Waals surface area contributed by atoms with Gasteiger partial charge in [0, 0.05) is 29.4 Å². The first-order valence-electron chi connectivity index (χ1n) is 10.7. The fraction of sp³-hybridized carbons (Fsp3) is 0.417. The lowest BCUT2D eigenvalue weighted by atomic mass is 10.1. The van der Waals surface area contributed by atoms with Crippen molar-refractivity contribution >= 4 is 58.4 Å². The third-order valence-corrected chi connectivity index (χ3v) is 7.04. The van der Waals surface area contributed by atoms with E-state index in [0.717, 1.165) is 29.1 Å². The number of halogens is 3. The Morgan fingerprint density at radius 2 is 1.75 bits per heavy atom. The minimum absolute atomic E-state index is 0.0640. The van der Waals surface area contributed by atoms with Crippen LogP contribution in [0.25, 0.3) is 0 Å². The van der Waals surface area contributed by atoms with E-state index in [-0.39, 0.29) is 11.8 Å². The number of hydrogen-bond donors (Lipinski definition) is 1. The molecule has 2 aromatic rings. The largest absolute Gasteiger partial charge is 0.354 e. The molecule has 2 aromatic carbocycles. The smallest absolute Gasteiger partial charge is 0.242 e. The van der Waals surface area contributed by atoms with Gasteiger partial charge in [-0.1, -0.05) is 54.2 Å². The fourth-order valence-electron chi connectivity index (χ4n) is 3.04. The molecule has 0 fully saturated rings. The van der Waals surface area contributed by atoms with Crippen LogP contribution in [0.4, 0.5) is 0 Å². The van der Waals surface area contributed by atoms with Crippen LogP contribution in [0.3, 0.4) is 0 Å². The highest BCUT2D eigenvalue weighted by atomic mass is 35.5. The van der Waals surface area contributed by atoms with Gasteiger partial charge in [-0.2, -0.15) is 0 Å². The molecule has 0 radical (unpaired) electrons. The number of rotatable bonds is 12. The summed E-state index contributed by atoms with van der Waals surface area (Å²) in [6, 6.07) is 12.3. The molecule has 4 nitrogen and oxygen atoms in total. The summed E-state index contributed by atoms with van der Waals surface area (Å²) in [7, 11) is 0. The average molecular weight is 516 g/mol. The first-order chi connectivity index (χ1) is 15.3. The zero-order chi connectivity index (χ0) is 23.5. The normalized spacial score (nSPS) is 11.8. The number of thioether (sulfide) groups is 1. The molecule has 1 atom stereocenters. The highest BCUT2D eigenvalue weighted by molar-refractivity contribution is 7.99. The van der Waals surface area contributed by atoms with E-state index >= 15 is 0 Å². The SMILES string of the molecule is CCCCNC(=O)C(C)N(Cc1ccc(Cl)c(Cl)c1)C(=O)CCCSc1ccc(Cl)cc1. The summed E-state index contributed by atoms with van der Waals surface area (Å²) in [5.41, 5.74) is 0.830. The van der Waals surface area contributed by atoms with E-state index in [0.29, 0.717) is 41.0 Å². The molecule has 0 bridgehead atoms. The predicted octanol–water partition coefficient (Wildman–Crippen LogP) is 6.85. The minimum Gasteiger partial charge on any atom is -0.354 e. The van der Waals surface area contributed by atoms with Crippen molar-refractivity contribution in [1.82, 2.24) is 10.2 Å². The third-order valence-electron chi connectivity index (χ3n) is 4.95.